The SMILES string of the molecule is CCCN(CC1CCCCN1)C(=O)CCC1CCCCC1. The average Bonchev–Trinajstić information content (AvgIpc) is 2.54. The molecule has 1 atom stereocenters. The highest BCUT2D eigenvalue weighted by atomic mass is 16.2. The van der Waals surface area contributed by atoms with Crippen LogP contribution in [0.25, 0.3) is 0 Å². The van der Waals surface area contributed by atoms with Gasteiger partial charge in [-0.05, 0) is 38.1 Å². The van der Waals surface area contributed by atoms with Crippen molar-refractivity contribution in [2.75, 3.05) is 19.6 Å². The predicted molar refractivity (Wildman–Crippen MR) is 88.3 cm³/mol. The molecule has 0 aromatic carbocycles. The van der Waals surface area contributed by atoms with Crippen molar-refractivity contribution in [3.8, 4) is 0 Å². The van der Waals surface area contributed by atoms with E-state index in [0.717, 1.165) is 44.8 Å². The highest BCUT2D eigenvalue weighted by Crippen LogP contribution is 2.27. The Bertz CT molecular complexity index is 294. The average molecular weight is 294 g/mol. The monoisotopic (exact) mass is 294 g/mol. The molecule has 1 aliphatic carbocycles. The molecule has 0 spiro atoms. The van der Waals surface area contributed by atoms with Gasteiger partial charge in [0.25, 0.3) is 0 Å². The molecule has 0 aromatic heterocycles. The van der Waals surface area contributed by atoms with Crippen molar-refractivity contribution in [3.63, 3.8) is 0 Å². The number of carbonyl (C=O) groups excluding carboxylic acids is 1. The Labute approximate surface area is 130 Å². The summed E-state index contributed by atoms with van der Waals surface area (Å²) in [6.45, 7) is 5.16. The first-order valence-corrected chi connectivity index (χ1v) is 9.30. The first-order valence-electron chi connectivity index (χ1n) is 9.30. The summed E-state index contributed by atoms with van der Waals surface area (Å²) >= 11 is 0. The van der Waals surface area contributed by atoms with Gasteiger partial charge in [0.15, 0.2) is 0 Å². The Balaban J connectivity index is 1.74. The maximum Gasteiger partial charge on any atom is 0.222 e. The second-order valence-electron chi connectivity index (χ2n) is 7.03. The predicted octanol–water partition coefficient (Wildman–Crippen LogP) is 3.73. The molecule has 0 aromatic rings. The number of hydrogen-bond donors (Lipinski definition) is 1. The highest BCUT2D eigenvalue weighted by Gasteiger charge is 2.21. The Kier molecular flexibility index (Phi) is 7.56. The summed E-state index contributed by atoms with van der Waals surface area (Å²) in [5.41, 5.74) is 0. The molecule has 2 aliphatic rings. The number of nitrogens with one attached hydrogen (secondary N) is 1. The molecule has 0 bridgehead atoms. The van der Waals surface area contributed by atoms with Crippen molar-refractivity contribution in [2.24, 2.45) is 5.92 Å². The number of rotatable bonds is 7. The van der Waals surface area contributed by atoms with Crippen molar-refractivity contribution >= 4 is 5.91 Å². The van der Waals surface area contributed by atoms with Crippen molar-refractivity contribution in [2.45, 2.75) is 83.6 Å². The van der Waals surface area contributed by atoms with E-state index in [4.69, 9.17) is 0 Å². The maximum absolute atomic E-state index is 12.5. The zero-order chi connectivity index (χ0) is 14.9. The van der Waals surface area contributed by atoms with Gasteiger partial charge in [-0.2, -0.15) is 0 Å². The number of carbonyl (C=O) groups is 1. The molecular weight excluding hydrogens is 260 g/mol. The van der Waals surface area contributed by atoms with Crippen LogP contribution in [0.4, 0.5) is 0 Å². The standard InChI is InChI=1S/C18H34N2O/c1-2-14-20(15-17-10-6-7-13-19-17)18(21)12-11-16-8-4-3-5-9-16/h16-17,19H,2-15H2,1H3. The van der Waals surface area contributed by atoms with Crippen LogP contribution >= 0.6 is 0 Å². The molecule has 1 aliphatic heterocycles. The summed E-state index contributed by atoms with van der Waals surface area (Å²) in [7, 11) is 0. The topological polar surface area (TPSA) is 32.3 Å². The van der Waals surface area contributed by atoms with E-state index in [-0.39, 0.29) is 0 Å². The van der Waals surface area contributed by atoms with Crippen molar-refractivity contribution < 1.29 is 4.79 Å². The van der Waals surface area contributed by atoms with E-state index < -0.39 is 0 Å². The van der Waals surface area contributed by atoms with Gasteiger partial charge >= 0.3 is 0 Å². The first-order chi connectivity index (χ1) is 10.3. The molecule has 21 heavy (non-hydrogen) atoms. The third-order valence-electron chi connectivity index (χ3n) is 5.19. The largest absolute Gasteiger partial charge is 0.341 e. The van der Waals surface area contributed by atoms with Crippen LogP contribution in [0.5, 0.6) is 0 Å². The summed E-state index contributed by atoms with van der Waals surface area (Å²) in [5.74, 6) is 1.22. The minimum Gasteiger partial charge on any atom is -0.341 e. The fourth-order valence-corrected chi connectivity index (χ4v) is 3.90. The van der Waals surface area contributed by atoms with Gasteiger partial charge in [-0.15, -0.1) is 0 Å². The normalized spacial score (nSPS) is 24.0. The van der Waals surface area contributed by atoms with Gasteiger partial charge in [-0.1, -0.05) is 45.4 Å². The quantitative estimate of drug-likeness (QED) is 0.776. The Morgan fingerprint density at radius 3 is 2.52 bits per heavy atom. The lowest BCUT2D eigenvalue weighted by molar-refractivity contribution is -0.132. The van der Waals surface area contributed by atoms with Gasteiger partial charge in [0.2, 0.25) is 5.91 Å². The summed E-state index contributed by atoms with van der Waals surface area (Å²) in [5, 5.41) is 3.57. The third-order valence-corrected chi connectivity index (χ3v) is 5.19. The minimum atomic E-state index is 0.398. The van der Waals surface area contributed by atoms with Gasteiger partial charge in [-0.3, -0.25) is 4.79 Å². The fourth-order valence-electron chi connectivity index (χ4n) is 3.90. The van der Waals surface area contributed by atoms with Crippen LogP contribution in [0.1, 0.15) is 77.6 Å². The van der Waals surface area contributed by atoms with Crippen molar-refractivity contribution in [3.05, 3.63) is 0 Å². The van der Waals surface area contributed by atoms with E-state index in [2.05, 4.69) is 17.1 Å². The molecular formula is C18H34N2O. The summed E-state index contributed by atoms with van der Waals surface area (Å²) in [6.07, 6.45) is 13.7. The van der Waals surface area contributed by atoms with E-state index in [1.807, 2.05) is 0 Å². The molecule has 3 heteroatoms. The lowest BCUT2D eigenvalue weighted by atomic mass is 9.86. The van der Waals surface area contributed by atoms with Crippen LogP contribution in [-0.4, -0.2) is 36.5 Å². The summed E-state index contributed by atoms with van der Waals surface area (Å²) < 4.78 is 0. The molecule has 1 amide bonds. The smallest absolute Gasteiger partial charge is 0.222 e. The molecule has 3 nitrogen and oxygen atoms in total. The Hall–Kier alpha value is -0.570. The minimum absolute atomic E-state index is 0.398. The molecule has 2 fully saturated rings. The first kappa shape index (κ1) is 16.8. The van der Waals surface area contributed by atoms with Gasteiger partial charge in [0.05, 0.1) is 0 Å². The number of amides is 1. The molecule has 0 radical (unpaired) electrons. The van der Waals surface area contributed by atoms with Crippen LogP contribution in [0.15, 0.2) is 0 Å². The Morgan fingerprint density at radius 1 is 1.10 bits per heavy atom. The molecule has 1 unspecified atom stereocenters. The number of hydrogen-bond acceptors (Lipinski definition) is 2. The lowest BCUT2D eigenvalue weighted by Crippen LogP contribution is -2.46. The van der Waals surface area contributed by atoms with Gasteiger partial charge < -0.3 is 10.2 Å². The van der Waals surface area contributed by atoms with Crippen molar-refractivity contribution in [1.82, 2.24) is 10.2 Å². The molecule has 2 rings (SSSR count). The number of piperidine rings is 1. The summed E-state index contributed by atoms with van der Waals surface area (Å²) in [6, 6.07) is 0.531. The maximum atomic E-state index is 12.5. The Morgan fingerprint density at radius 2 is 1.86 bits per heavy atom. The molecule has 122 valence electrons. The van der Waals surface area contributed by atoms with E-state index in [1.165, 1.54) is 51.4 Å². The lowest BCUT2D eigenvalue weighted by Gasteiger charge is -2.31. The summed E-state index contributed by atoms with van der Waals surface area (Å²) in [4.78, 5) is 14.7. The zero-order valence-corrected chi connectivity index (χ0v) is 13.9. The van der Waals surface area contributed by atoms with Gasteiger partial charge in [-0.25, -0.2) is 0 Å². The second kappa shape index (κ2) is 9.45. The molecule has 1 heterocycles. The second-order valence-corrected chi connectivity index (χ2v) is 7.03. The number of nitrogens with zero attached hydrogens (tertiary/aromatic N) is 1. The van der Waals surface area contributed by atoms with Gasteiger partial charge in [0.1, 0.15) is 0 Å². The molecule has 1 N–H and O–H groups in total. The van der Waals surface area contributed by atoms with E-state index >= 15 is 0 Å². The van der Waals surface area contributed by atoms with Crippen LogP contribution < -0.4 is 5.32 Å². The van der Waals surface area contributed by atoms with E-state index in [1.54, 1.807) is 0 Å². The highest BCUT2D eigenvalue weighted by molar-refractivity contribution is 5.76. The van der Waals surface area contributed by atoms with Crippen LogP contribution in [-0.2, 0) is 4.79 Å². The van der Waals surface area contributed by atoms with E-state index in [0.29, 0.717) is 11.9 Å². The van der Waals surface area contributed by atoms with Crippen LogP contribution in [0.2, 0.25) is 0 Å². The fraction of sp³-hybridized carbons (Fsp3) is 0.944. The zero-order valence-electron chi connectivity index (χ0n) is 13.9. The van der Waals surface area contributed by atoms with Gasteiger partial charge in [0, 0.05) is 25.6 Å². The molecule has 1 saturated heterocycles. The van der Waals surface area contributed by atoms with Crippen LogP contribution in [0.3, 0.4) is 0 Å². The van der Waals surface area contributed by atoms with E-state index in [9.17, 15) is 4.79 Å². The van der Waals surface area contributed by atoms with Crippen LogP contribution in [0, 0.1) is 5.92 Å². The molecule has 1 saturated carbocycles. The van der Waals surface area contributed by atoms with Crippen molar-refractivity contribution in [1.29, 1.82) is 0 Å². The third kappa shape index (κ3) is 5.98.